The fraction of sp³-hybridized carbons (Fsp3) is 1.00. The molecular formula is C5H12N2O4S. The SMILES string of the molecule is O=S(=O)(O)OCCC1NCCN1. The van der Waals surface area contributed by atoms with Crippen LogP contribution >= 0.6 is 0 Å². The number of nitrogens with one attached hydrogen (secondary N) is 2. The number of hydrogen-bond donors (Lipinski definition) is 3. The van der Waals surface area contributed by atoms with Crippen LogP contribution in [0.3, 0.4) is 0 Å². The molecule has 3 N–H and O–H groups in total. The molecule has 7 heteroatoms. The molecule has 1 heterocycles. The van der Waals surface area contributed by atoms with Gasteiger partial charge in [-0.3, -0.25) is 4.55 Å². The quantitative estimate of drug-likeness (QED) is 0.485. The molecule has 12 heavy (non-hydrogen) atoms. The third-order valence-corrected chi connectivity index (χ3v) is 2.01. The molecule has 1 rings (SSSR count). The van der Waals surface area contributed by atoms with E-state index in [1.54, 1.807) is 0 Å². The molecule has 72 valence electrons. The summed E-state index contributed by atoms with van der Waals surface area (Å²) in [6.45, 7) is 1.73. The van der Waals surface area contributed by atoms with Gasteiger partial charge in [0.1, 0.15) is 0 Å². The Bertz CT molecular complexity index is 222. The van der Waals surface area contributed by atoms with Gasteiger partial charge in [-0.1, -0.05) is 0 Å². The van der Waals surface area contributed by atoms with Gasteiger partial charge in [-0.05, 0) is 0 Å². The topological polar surface area (TPSA) is 87.7 Å². The Hall–Kier alpha value is -0.210. The van der Waals surface area contributed by atoms with Crippen LogP contribution < -0.4 is 10.6 Å². The predicted octanol–water partition coefficient (Wildman–Crippen LogP) is -1.29. The van der Waals surface area contributed by atoms with Crippen molar-refractivity contribution in [3.8, 4) is 0 Å². The standard InChI is InChI=1S/C5H12N2O4S/c8-12(9,10)11-4-1-5-6-2-3-7-5/h5-7H,1-4H2,(H,8,9,10). The van der Waals surface area contributed by atoms with Crippen LogP contribution in [0, 0.1) is 0 Å². The van der Waals surface area contributed by atoms with Gasteiger partial charge in [-0.2, -0.15) is 8.42 Å². The van der Waals surface area contributed by atoms with Crippen molar-refractivity contribution in [3.05, 3.63) is 0 Å². The van der Waals surface area contributed by atoms with Crippen molar-refractivity contribution in [2.24, 2.45) is 0 Å². The van der Waals surface area contributed by atoms with Crippen molar-refractivity contribution in [1.29, 1.82) is 0 Å². The van der Waals surface area contributed by atoms with E-state index in [0.29, 0.717) is 6.42 Å². The van der Waals surface area contributed by atoms with Gasteiger partial charge < -0.3 is 10.6 Å². The molecule has 1 aliphatic rings. The van der Waals surface area contributed by atoms with Crippen LogP contribution in [0.25, 0.3) is 0 Å². The smallest absolute Gasteiger partial charge is 0.301 e. The van der Waals surface area contributed by atoms with Gasteiger partial charge >= 0.3 is 10.4 Å². The minimum Gasteiger partial charge on any atom is -0.301 e. The minimum atomic E-state index is -4.27. The molecule has 0 aliphatic carbocycles. The highest BCUT2D eigenvalue weighted by molar-refractivity contribution is 7.80. The van der Waals surface area contributed by atoms with Crippen molar-refractivity contribution in [1.82, 2.24) is 10.6 Å². The second-order valence-electron chi connectivity index (χ2n) is 2.50. The first-order valence-corrected chi connectivity index (χ1v) is 5.03. The van der Waals surface area contributed by atoms with E-state index in [2.05, 4.69) is 14.8 Å². The Morgan fingerprint density at radius 1 is 1.42 bits per heavy atom. The van der Waals surface area contributed by atoms with Crippen molar-refractivity contribution >= 4 is 10.4 Å². The van der Waals surface area contributed by atoms with E-state index >= 15 is 0 Å². The van der Waals surface area contributed by atoms with Gasteiger partial charge in [0.05, 0.1) is 12.8 Å². The highest BCUT2D eigenvalue weighted by atomic mass is 32.3. The van der Waals surface area contributed by atoms with Crippen molar-refractivity contribution < 1.29 is 17.2 Å². The van der Waals surface area contributed by atoms with Crippen LogP contribution in [0.15, 0.2) is 0 Å². The lowest BCUT2D eigenvalue weighted by Crippen LogP contribution is -2.32. The second kappa shape index (κ2) is 4.15. The Morgan fingerprint density at radius 2 is 2.00 bits per heavy atom. The Morgan fingerprint density at radius 3 is 2.50 bits per heavy atom. The summed E-state index contributed by atoms with van der Waals surface area (Å²) in [4.78, 5) is 0. The first-order chi connectivity index (χ1) is 5.58. The Kier molecular flexibility index (Phi) is 3.41. The Labute approximate surface area is 71.2 Å². The summed E-state index contributed by atoms with van der Waals surface area (Å²) in [5.74, 6) is 0. The third kappa shape index (κ3) is 3.98. The molecular weight excluding hydrogens is 184 g/mol. The van der Waals surface area contributed by atoms with Gasteiger partial charge in [0, 0.05) is 19.5 Å². The predicted molar refractivity (Wildman–Crippen MR) is 41.9 cm³/mol. The average Bonchev–Trinajstić information content (AvgIpc) is 2.36. The highest BCUT2D eigenvalue weighted by Crippen LogP contribution is 1.95. The normalized spacial score (nSPS) is 20.1. The summed E-state index contributed by atoms with van der Waals surface area (Å²) in [5, 5.41) is 6.15. The van der Waals surface area contributed by atoms with Crippen LogP contribution in [0.4, 0.5) is 0 Å². The first-order valence-electron chi connectivity index (χ1n) is 3.66. The van der Waals surface area contributed by atoms with E-state index in [-0.39, 0.29) is 12.8 Å². The van der Waals surface area contributed by atoms with Crippen molar-refractivity contribution in [2.45, 2.75) is 12.6 Å². The zero-order valence-corrected chi connectivity index (χ0v) is 7.30. The second-order valence-corrected chi connectivity index (χ2v) is 3.59. The van der Waals surface area contributed by atoms with E-state index in [0.717, 1.165) is 13.1 Å². The van der Waals surface area contributed by atoms with Crippen LogP contribution in [0.2, 0.25) is 0 Å². The lowest BCUT2D eigenvalue weighted by Gasteiger charge is -2.08. The molecule has 0 unspecified atom stereocenters. The zero-order chi connectivity index (χ0) is 9.03. The minimum absolute atomic E-state index is 0.0104. The monoisotopic (exact) mass is 196 g/mol. The lowest BCUT2D eigenvalue weighted by molar-refractivity contribution is 0.251. The maximum absolute atomic E-state index is 10.1. The van der Waals surface area contributed by atoms with Gasteiger partial charge in [0.15, 0.2) is 0 Å². The van der Waals surface area contributed by atoms with E-state index in [4.69, 9.17) is 4.55 Å². The molecule has 0 saturated carbocycles. The summed E-state index contributed by atoms with van der Waals surface area (Å²) in [6, 6.07) is 0. The first kappa shape index (κ1) is 9.87. The van der Waals surface area contributed by atoms with Gasteiger partial charge in [-0.25, -0.2) is 4.18 Å². The molecule has 0 atom stereocenters. The lowest BCUT2D eigenvalue weighted by atomic mass is 10.4. The summed E-state index contributed by atoms with van der Waals surface area (Å²) >= 11 is 0. The fourth-order valence-corrected chi connectivity index (χ4v) is 1.35. The summed E-state index contributed by atoms with van der Waals surface area (Å²) in [5.41, 5.74) is 0. The summed E-state index contributed by atoms with van der Waals surface area (Å²) < 4.78 is 32.5. The van der Waals surface area contributed by atoms with Crippen molar-refractivity contribution in [3.63, 3.8) is 0 Å². The van der Waals surface area contributed by atoms with Crippen LogP contribution in [0.1, 0.15) is 6.42 Å². The molecule has 6 nitrogen and oxygen atoms in total. The van der Waals surface area contributed by atoms with E-state index in [1.165, 1.54) is 0 Å². The molecule has 0 spiro atoms. The largest absolute Gasteiger partial charge is 0.397 e. The average molecular weight is 196 g/mol. The molecule has 0 amide bonds. The molecule has 1 saturated heterocycles. The number of rotatable bonds is 4. The Balaban J connectivity index is 2.09. The summed E-state index contributed by atoms with van der Waals surface area (Å²) in [6.07, 6.45) is 0.603. The van der Waals surface area contributed by atoms with Crippen LogP contribution in [0.5, 0.6) is 0 Å². The van der Waals surface area contributed by atoms with E-state index in [9.17, 15) is 8.42 Å². The maximum atomic E-state index is 10.1. The molecule has 0 aromatic carbocycles. The van der Waals surface area contributed by atoms with Crippen LogP contribution in [-0.4, -0.2) is 38.8 Å². The number of hydrogen-bond acceptors (Lipinski definition) is 5. The molecule has 0 aromatic rings. The van der Waals surface area contributed by atoms with E-state index < -0.39 is 10.4 Å². The van der Waals surface area contributed by atoms with Gasteiger partial charge in [0.2, 0.25) is 0 Å². The molecule has 0 bridgehead atoms. The molecule has 0 aromatic heterocycles. The molecule has 1 aliphatic heterocycles. The van der Waals surface area contributed by atoms with Crippen molar-refractivity contribution in [2.75, 3.05) is 19.7 Å². The van der Waals surface area contributed by atoms with Crippen LogP contribution in [-0.2, 0) is 14.6 Å². The fourth-order valence-electron chi connectivity index (χ4n) is 1.04. The summed E-state index contributed by atoms with van der Waals surface area (Å²) in [7, 11) is -4.27. The molecule has 0 radical (unpaired) electrons. The van der Waals surface area contributed by atoms with Gasteiger partial charge in [0.25, 0.3) is 0 Å². The maximum Gasteiger partial charge on any atom is 0.397 e. The van der Waals surface area contributed by atoms with E-state index in [1.807, 2.05) is 0 Å². The zero-order valence-electron chi connectivity index (χ0n) is 6.49. The third-order valence-electron chi connectivity index (χ3n) is 1.55. The highest BCUT2D eigenvalue weighted by Gasteiger charge is 2.13. The van der Waals surface area contributed by atoms with Gasteiger partial charge in [-0.15, -0.1) is 0 Å². The molecule has 1 fully saturated rings.